The Morgan fingerprint density at radius 1 is 1.57 bits per heavy atom. The Labute approximate surface area is 130 Å². The fraction of sp³-hybridized carbons (Fsp3) is 0.538. The van der Waals surface area contributed by atoms with Crippen LogP contribution in [0, 0.1) is 12.3 Å². The van der Waals surface area contributed by atoms with E-state index >= 15 is 0 Å². The van der Waals surface area contributed by atoms with Crippen molar-refractivity contribution in [2.75, 3.05) is 0 Å². The van der Waals surface area contributed by atoms with Gasteiger partial charge in [0.2, 0.25) is 0 Å². The summed E-state index contributed by atoms with van der Waals surface area (Å²) in [6, 6.07) is 0. The van der Waals surface area contributed by atoms with E-state index in [0.717, 1.165) is 9.73 Å². The van der Waals surface area contributed by atoms with Crippen molar-refractivity contribution in [2.24, 2.45) is 5.16 Å². The summed E-state index contributed by atoms with van der Waals surface area (Å²) in [6.07, 6.45) is 3.10. The molecule has 1 aromatic heterocycles. The van der Waals surface area contributed by atoms with Crippen LogP contribution in [-0.2, 0) is 17.1 Å². The molecule has 1 aliphatic heterocycles. The van der Waals surface area contributed by atoms with Gasteiger partial charge < -0.3 is 4.84 Å². The van der Waals surface area contributed by atoms with Gasteiger partial charge in [0.15, 0.2) is 5.15 Å². The Kier molecular flexibility index (Phi) is 4.79. The summed E-state index contributed by atoms with van der Waals surface area (Å²) in [4.78, 5) is 5.23. The molecule has 2 heterocycles. The van der Waals surface area contributed by atoms with Crippen LogP contribution in [0.25, 0.3) is 0 Å². The minimum absolute atomic E-state index is 0.0405. The molecule has 114 valence electrons. The molecule has 2 rings (SSSR count). The molecule has 0 saturated heterocycles. The topological polar surface area (TPSA) is 39.4 Å². The van der Waals surface area contributed by atoms with Crippen molar-refractivity contribution in [3.63, 3.8) is 0 Å². The zero-order chi connectivity index (χ0) is 15.6. The molecule has 1 aliphatic rings. The van der Waals surface area contributed by atoms with E-state index in [4.69, 9.17) is 22.9 Å². The van der Waals surface area contributed by atoms with Crippen LogP contribution in [0.5, 0.6) is 0 Å². The number of nitrogens with zero attached hydrogens (tertiary/aromatic N) is 3. The second-order valence-corrected chi connectivity index (χ2v) is 6.53. The SMILES string of the molecule is C#CCn1nc(Cl)c(CSC2=NOC(C)(C)C2)c1C(F)F. The number of oxime groups is 1. The lowest BCUT2D eigenvalue weighted by molar-refractivity contribution is 0.0123. The molecule has 0 fully saturated rings. The third kappa shape index (κ3) is 3.69. The van der Waals surface area contributed by atoms with Crippen molar-refractivity contribution in [1.82, 2.24) is 9.78 Å². The fourth-order valence-electron chi connectivity index (χ4n) is 1.90. The normalized spacial score (nSPS) is 16.7. The van der Waals surface area contributed by atoms with Crippen molar-refractivity contribution < 1.29 is 13.6 Å². The summed E-state index contributed by atoms with van der Waals surface area (Å²) in [6.45, 7) is 3.78. The zero-order valence-electron chi connectivity index (χ0n) is 11.6. The van der Waals surface area contributed by atoms with Gasteiger partial charge in [-0.05, 0) is 13.8 Å². The highest BCUT2D eigenvalue weighted by Gasteiger charge is 2.30. The van der Waals surface area contributed by atoms with Gasteiger partial charge in [-0.25, -0.2) is 13.5 Å². The number of thioether (sulfide) groups is 1. The Balaban J connectivity index is 2.15. The van der Waals surface area contributed by atoms with Crippen LogP contribution in [0.1, 0.15) is 38.0 Å². The number of rotatable bonds is 4. The van der Waals surface area contributed by atoms with E-state index in [-0.39, 0.29) is 28.7 Å². The van der Waals surface area contributed by atoms with E-state index in [1.807, 2.05) is 13.8 Å². The maximum atomic E-state index is 13.2. The van der Waals surface area contributed by atoms with Crippen LogP contribution in [0.4, 0.5) is 8.78 Å². The number of aromatic nitrogens is 2. The van der Waals surface area contributed by atoms with Gasteiger partial charge in [0.05, 0.1) is 0 Å². The largest absolute Gasteiger partial charge is 0.389 e. The summed E-state index contributed by atoms with van der Waals surface area (Å²) in [7, 11) is 0. The van der Waals surface area contributed by atoms with Gasteiger partial charge in [0, 0.05) is 17.7 Å². The molecule has 8 heteroatoms. The highest BCUT2D eigenvalue weighted by atomic mass is 35.5. The first kappa shape index (κ1) is 16.1. The predicted molar refractivity (Wildman–Crippen MR) is 79.5 cm³/mol. The van der Waals surface area contributed by atoms with E-state index in [0.29, 0.717) is 12.0 Å². The summed E-state index contributed by atoms with van der Waals surface area (Å²) in [5.74, 6) is 2.54. The molecule has 0 amide bonds. The van der Waals surface area contributed by atoms with Crippen LogP contribution in [0.15, 0.2) is 5.16 Å². The van der Waals surface area contributed by atoms with E-state index < -0.39 is 6.43 Å². The minimum atomic E-state index is -2.69. The van der Waals surface area contributed by atoms with Gasteiger partial charge in [0.25, 0.3) is 6.43 Å². The molecular weight excluding hydrogens is 320 g/mol. The van der Waals surface area contributed by atoms with Crippen molar-refractivity contribution >= 4 is 28.4 Å². The standard InChI is InChI=1S/C13H14ClF2N3OS/c1-4-5-19-10(12(15)16)8(11(14)17-19)7-21-9-6-13(2,3)20-18-9/h1,12H,5-7H2,2-3H3. The lowest BCUT2D eigenvalue weighted by Crippen LogP contribution is -2.18. The quantitative estimate of drug-likeness (QED) is 0.786. The number of alkyl halides is 2. The summed E-state index contributed by atoms with van der Waals surface area (Å²) >= 11 is 7.27. The molecule has 4 nitrogen and oxygen atoms in total. The van der Waals surface area contributed by atoms with E-state index in [1.54, 1.807) is 0 Å². The van der Waals surface area contributed by atoms with Crippen molar-refractivity contribution in [3.05, 3.63) is 16.4 Å². The zero-order valence-corrected chi connectivity index (χ0v) is 13.1. The summed E-state index contributed by atoms with van der Waals surface area (Å²) in [5.41, 5.74) is -0.297. The fourth-order valence-corrected chi connectivity index (χ4v) is 3.37. The van der Waals surface area contributed by atoms with Crippen LogP contribution in [-0.4, -0.2) is 20.4 Å². The van der Waals surface area contributed by atoms with Crippen molar-refractivity contribution in [3.8, 4) is 12.3 Å². The molecule has 0 unspecified atom stereocenters. The highest BCUT2D eigenvalue weighted by molar-refractivity contribution is 8.13. The summed E-state index contributed by atoms with van der Waals surface area (Å²) in [5, 5.41) is 8.61. The number of hydrogen-bond donors (Lipinski definition) is 0. The van der Waals surface area contributed by atoms with Gasteiger partial charge in [-0.15, -0.1) is 18.2 Å². The molecule has 1 aromatic rings. The minimum Gasteiger partial charge on any atom is -0.389 e. The average molecular weight is 334 g/mol. The molecule has 0 aromatic carbocycles. The second-order valence-electron chi connectivity index (χ2n) is 5.12. The van der Waals surface area contributed by atoms with E-state index in [9.17, 15) is 8.78 Å². The first-order valence-corrected chi connectivity index (χ1v) is 7.55. The molecule has 0 radical (unpaired) electrons. The molecule has 21 heavy (non-hydrogen) atoms. The molecule has 0 N–H and O–H groups in total. The van der Waals surface area contributed by atoms with Gasteiger partial charge in [-0.1, -0.05) is 22.7 Å². The lowest BCUT2D eigenvalue weighted by Gasteiger charge is -2.13. The highest BCUT2D eigenvalue weighted by Crippen LogP contribution is 2.34. The third-order valence-corrected chi connectivity index (χ3v) is 4.14. The Morgan fingerprint density at radius 3 is 2.81 bits per heavy atom. The van der Waals surface area contributed by atoms with Crippen LogP contribution in [0.2, 0.25) is 5.15 Å². The monoisotopic (exact) mass is 333 g/mol. The predicted octanol–water partition coefficient (Wildman–Crippen LogP) is 3.85. The maximum absolute atomic E-state index is 13.2. The molecule has 0 saturated carbocycles. The lowest BCUT2D eigenvalue weighted by atomic mass is 10.1. The molecule has 0 bridgehead atoms. The van der Waals surface area contributed by atoms with Gasteiger partial charge >= 0.3 is 0 Å². The van der Waals surface area contributed by atoms with Crippen LogP contribution < -0.4 is 0 Å². The second kappa shape index (κ2) is 6.24. The molecule has 0 atom stereocenters. The molecule has 0 spiro atoms. The molecular formula is C13H14ClF2N3OS. The number of terminal acetylenes is 1. The van der Waals surface area contributed by atoms with E-state index in [1.165, 1.54) is 11.8 Å². The van der Waals surface area contributed by atoms with Gasteiger partial charge in [-0.2, -0.15) is 5.10 Å². The maximum Gasteiger partial charge on any atom is 0.280 e. The van der Waals surface area contributed by atoms with Crippen LogP contribution in [0.3, 0.4) is 0 Å². The Bertz CT molecular complexity index is 607. The first-order chi connectivity index (χ1) is 9.84. The summed E-state index contributed by atoms with van der Waals surface area (Å²) < 4.78 is 27.5. The Morgan fingerprint density at radius 2 is 2.29 bits per heavy atom. The third-order valence-electron chi connectivity index (χ3n) is 2.85. The average Bonchev–Trinajstić information content (AvgIpc) is 2.87. The number of halogens is 3. The molecule has 0 aliphatic carbocycles. The number of hydrogen-bond acceptors (Lipinski definition) is 4. The van der Waals surface area contributed by atoms with Crippen LogP contribution >= 0.6 is 23.4 Å². The van der Waals surface area contributed by atoms with Crippen molar-refractivity contribution in [2.45, 2.75) is 44.6 Å². The Hall–Kier alpha value is -1.26. The van der Waals surface area contributed by atoms with E-state index in [2.05, 4.69) is 16.2 Å². The smallest absolute Gasteiger partial charge is 0.280 e. The van der Waals surface area contributed by atoms with Gasteiger partial charge in [0.1, 0.15) is 22.9 Å². The van der Waals surface area contributed by atoms with Crippen molar-refractivity contribution in [1.29, 1.82) is 0 Å². The van der Waals surface area contributed by atoms with Gasteiger partial charge in [-0.3, -0.25) is 0 Å². The first-order valence-electron chi connectivity index (χ1n) is 6.18.